The van der Waals surface area contributed by atoms with Gasteiger partial charge in [0.25, 0.3) is 5.91 Å². The summed E-state index contributed by atoms with van der Waals surface area (Å²) < 4.78 is 29.1. The second-order valence-corrected chi connectivity index (χ2v) is 10.3. The highest BCUT2D eigenvalue weighted by Gasteiger charge is 2.32. The van der Waals surface area contributed by atoms with E-state index in [0.29, 0.717) is 19.0 Å². The minimum Gasteiger partial charge on any atom is -0.347 e. The van der Waals surface area contributed by atoms with Crippen LogP contribution in [0.15, 0.2) is 47.5 Å². The number of carbonyl (C=O) groups is 1. The number of piperidine rings is 1. The molecule has 0 atom stereocenters. The molecule has 1 amide bonds. The zero-order chi connectivity index (χ0) is 22.2. The third-order valence-electron chi connectivity index (χ3n) is 5.90. The van der Waals surface area contributed by atoms with Crippen molar-refractivity contribution < 1.29 is 13.2 Å². The topological polar surface area (TPSA) is 84.3 Å². The van der Waals surface area contributed by atoms with Gasteiger partial charge in [-0.1, -0.05) is 36.7 Å². The van der Waals surface area contributed by atoms with Gasteiger partial charge in [-0.05, 0) is 42.5 Å². The van der Waals surface area contributed by atoms with Crippen molar-refractivity contribution >= 4 is 38.4 Å². The molecule has 164 valence electrons. The highest BCUT2D eigenvalue weighted by Crippen LogP contribution is 2.30. The molecular formula is C22H25ClN4O3S. The molecule has 0 bridgehead atoms. The van der Waals surface area contributed by atoms with Gasteiger partial charge < -0.3 is 9.88 Å². The predicted octanol–water partition coefficient (Wildman–Crippen LogP) is 3.58. The molecule has 9 heteroatoms. The Balaban J connectivity index is 1.55. The van der Waals surface area contributed by atoms with Gasteiger partial charge in [0, 0.05) is 38.3 Å². The zero-order valence-corrected chi connectivity index (χ0v) is 19.1. The first-order valence-corrected chi connectivity index (χ1v) is 12.1. The van der Waals surface area contributed by atoms with E-state index in [2.05, 4.69) is 17.2 Å². The van der Waals surface area contributed by atoms with Crippen LogP contribution in [0.1, 0.15) is 35.8 Å². The lowest BCUT2D eigenvalue weighted by Crippen LogP contribution is -2.37. The summed E-state index contributed by atoms with van der Waals surface area (Å²) in [4.78, 5) is 17.2. The van der Waals surface area contributed by atoms with E-state index in [4.69, 9.17) is 11.6 Å². The highest BCUT2D eigenvalue weighted by molar-refractivity contribution is 7.89. The van der Waals surface area contributed by atoms with Gasteiger partial charge in [0.1, 0.15) is 15.7 Å². The third kappa shape index (κ3) is 4.20. The lowest BCUT2D eigenvalue weighted by Gasteiger charge is -2.29. The molecule has 1 aromatic carbocycles. The Morgan fingerprint density at radius 3 is 2.71 bits per heavy atom. The third-order valence-corrected chi connectivity index (χ3v) is 8.38. The van der Waals surface area contributed by atoms with Crippen LogP contribution in [-0.2, 0) is 23.6 Å². The standard InChI is InChI=1S/C22H25ClN4O3S/c1-15-8-11-27(12-9-15)31(29,30)20-13-19(26(2)21(20)23)22(28)25-14-16-5-3-7-18-17(16)6-4-10-24-18/h3-7,10,13,15H,8-9,11-12,14H2,1-2H3,(H,25,28). The lowest BCUT2D eigenvalue weighted by molar-refractivity contribution is 0.0943. The Morgan fingerprint density at radius 1 is 1.23 bits per heavy atom. The Kier molecular flexibility index (Phi) is 6.05. The largest absolute Gasteiger partial charge is 0.347 e. The molecule has 0 spiro atoms. The summed E-state index contributed by atoms with van der Waals surface area (Å²) in [6.45, 7) is 3.33. The van der Waals surface area contributed by atoms with Crippen LogP contribution in [0.25, 0.3) is 10.9 Å². The number of amides is 1. The number of benzene rings is 1. The predicted molar refractivity (Wildman–Crippen MR) is 120 cm³/mol. The van der Waals surface area contributed by atoms with E-state index in [9.17, 15) is 13.2 Å². The number of carbonyl (C=O) groups excluding carboxylic acids is 1. The smallest absolute Gasteiger partial charge is 0.268 e. The maximum atomic E-state index is 13.1. The van der Waals surface area contributed by atoms with Gasteiger partial charge >= 0.3 is 0 Å². The fourth-order valence-electron chi connectivity index (χ4n) is 3.90. The van der Waals surface area contributed by atoms with Crippen LogP contribution in [-0.4, -0.2) is 41.3 Å². The summed E-state index contributed by atoms with van der Waals surface area (Å²) in [5.74, 6) is 0.113. The molecule has 1 N–H and O–H groups in total. The maximum absolute atomic E-state index is 13.1. The molecule has 0 aliphatic carbocycles. The molecule has 0 saturated carbocycles. The van der Waals surface area contributed by atoms with E-state index in [0.717, 1.165) is 29.3 Å². The molecule has 3 heterocycles. The average molecular weight is 461 g/mol. The second kappa shape index (κ2) is 8.61. The van der Waals surface area contributed by atoms with Crippen LogP contribution in [0.5, 0.6) is 0 Å². The first-order valence-electron chi connectivity index (χ1n) is 10.2. The summed E-state index contributed by atoms with van der Waals surface area (Å²) in [5.41, 5.74) is 1.97. The summed E-state index contributed by atoms with van der Waals surface area (Å²) in [6.07, 6.45) is 3.36. The Morgan fingerprint density at radius 2 is 1.97 bits per heavy atom. The number of rotatable bonds is 5. The fourth-order valence-corrected chi connectivity index (χ4v) is 5.92. The SMILES string of the molecule is CC1CCN(S(=O)(=O)c2cc(C(=O)NCc3cccc4ncccc34)n(C)c2Cl)CC1. The van der Waals surface area contributed by atoms with E-state index in [1.807, 2.05) is 30.3 Å². The number of fused-ring (bicyclic) bond motifs is 1. The molecule has 31 heavy (non-hydrogen) atoms. The maximum Gasteiger partial charge on any atom is 0.268 e. The van der Waals surface area contributed by atoms with E-state index in [-0.39, 0.29) is 28.2 Å². The van der Waals surface area contributed by atoms with Crippen molar-refractivity contribution in [2.24, 2.45) is 13.0 Å². The molecule has 2 aromatic heterocycles. The van der Waals surface area contributed by atoms with Crippen LogP contribution in [0.4, 0.5) is 0 Å². The van der Waals surface area contributed by atoms with E-state index in [1.54, 1.807) is 13.2 Å². The van der Waals surface area contributed by atoms with Crippen LogP contribution >= 0.6 is 11.6 Å². The molecule has 0 unspecified atom stereocenters. The van der Waals surface area contributed by atoms with Gasteiger partial charge in [0.2, 0.25) is 10.0 Å². The molecule has 1 aliphatic rings. The highest BCUT2D eigenvalue weighted by atomic mass is 35.5. The average Bonchev–Trinajstić information content (AvgIpc) is 3.07. The molecule has 1 fully saturated rings. The Labute approximate surface area is 187 Å². The van der Waals surface area contributed by atoms with Gasteiger partial charge in [-0.15, -0.1) is 0 Å². The van der Waals surface area contributed by atoms with Crippen molar-refractivity contribution in [3.63, 3.8) is 0 Å². The summed E-state index contributed by atoms with van der Waals surface area (Å²) in [5, 5.41) is 3.87. The van der Waals surface area contributed by atoms with E-state index >= 15 is 0 Å². The molecule has 1 aliphatic heterocycles. The van der Waals surface area contributed by atoms with Crippen LogP contribution in [0, 0.1) is 5.92 Å². The number of nitrogens with one attached hydrogen (secondary N) is 1. The van der Waals surface area contributed by atoms with Crippen molar-refractivity contribution in [3.8, 4) is 0 Å². The van der Waals surface area contributed by atoms with Gasteiger partial charge in [0.05, 0.1) is 5.52 Å². The lowest BCUT2D eigenvalue weighted by atomic mass is 10.0. The van der Waals surface area contributed by atoms with Gasteiger partial charge in [0.15, 0.2) is 0 Å². The number of nitrogens with zero attached hydrogens (tertiary/aromatic N) is 3. The summed E-state index contributed by atoms with van der Waals surface area (Å²) >= 11 is 6.35. The summed E-state index contributed by atoms with van der Waals surface area (Å²) in [6, 6.07) is 10.9. The first-order chi connectivity index (χ1) is 14.8. The normalized spacial score (nSPS) is 16.0. The van der Waals surface area contributed by atoms with Crippen molar-refractivity contribution in [2.75, 3.05) is 13.1 Å². The second-order valence-electron chi connectivity index (χ2n) is 8.00. The van der Waals surface area contributed by atoms with Crippen LogP contribution < -0.4 is 5.32 Å². The Hall–Kier alpha value is -2.42. The fraction of sp³-hybridized carbons (Fsp3) is 0.364. The minimum absolute atomic E-state index is 0.0225. The number of hydrogen-bond donors (Lipinski definition) is 1. The molecule has 7 nitrogen and oxygen atoms in total. The number of sulfonamides is 1. The minimum atomic E-state index is -3.75. The monoisotopic (exact) mass is 460 g/mol. The molecule has 4 rings (SSSR count). The number of aromatic nitrogens is 2. The van der Waals surface area contributed by atoms with Gasteiger partial charge in [-0.2, -0.15) is 4.31 Å². The van der Waals surface area contributed by atoms with E-state index < -0.39 is 10.0 Å². The van der Waals surface area contributed by atoms with Crippen LogP contribution in [0.2, 0.25) is 5.15 Å². The molecular weight excluding hydrogens is 436 g/mol. The number of hydrogen-bond acceptors (Lipinski definition) is 4. The summed E-state index contributed by atoms with van der Waals surface area (Å²) in [7, 11) is -2.16. The Bertz CT molecular complexity index is 1230. The quantitative estimate of drug-likeness (QED) is 0.630. The first kappa shape index (κ1) is 21.8. The van der Waals surface area contributed by atoms with Gasteiger partial charge in [-0.3, -0.25) is 9.78 Å². The molecule has 0 radical (unpaired) electrons. The van der Waals surface area contributed by atoms with Crippen molar-refractivity contribution in [1.29, 1.82) is 0 Å². The van der Waals surface area contributed by atoms with Crippen molar-refractivity contribution in [2.45, 2.75) is 31.2 Å². The molecule has 3 aromatic rings. The zero-order valence-electron chi connectivity index (χ0n) is 17.5. The number of pyridine rings is 1. The van der Waals surface area contributed by atoms with Crippen LogP contribution in [0.3, 0.4) is 0 Å². The van der Waals surface area contributed by atoms with Crippen molar-refractivity contribution in [3.05, 3.63) is 59.0 Å². The van der Waals surface area contributed by atoms with Gasteiger partial charge in [-0.25, -0.2) is 8.42 Å². The van der Waals surface area contributed by atoms with E-state index in [1.165, 1.54) is 14.9 Å². The number of halogens is 1. The molecule has 1 saturated heterocycles. The van der Waals surface area contributed by atoms with Crippen molar-refractivity contribution in [1.82, 2.24) is 19.2 Å².